The molecule has 2 N–H and O–H groups in total. The number of aryl methyl sites for hydroxylation is 2. The van der Waals surface area contributed by atoms with Gasteiger partial charge in [-0.3, -0.25) is 9.59 Å². The molecule has 2 aliphatic carbocycles. The highest BCUT2D eigenvalue weighted by Crippen LogP contribution is 2.40. The van der Waals surface area contributed by atoms with Gasteiger partial charge < -0.3 is 10.6 Å². The van der Waals surface area contributed by atoms with Gasteiger partial charge in [-0.1, -0.05) is 25.0 Å². The average molecular weight is 300 g/mol. The Morgan fingerprint density at radius 3 is 2.45 bits per heavy atom. The van der Waals surface area contributed by atoms with Crippen LogP contribution in [0.3, 0.4) is 0 Å². The molecule has 0 aliphatic heterocycles. The van der Waals surface area contributed by atoms with E-state index in [2.05, 4.69) is 10.6 Å². The van der Waals surface area contributed by atoms with E-state index in [9.17, 15) is 9.59 Å². The molecule has 0 radical (unpaired) electrons. The van der Waals surface area contributed by atoms with Gasteiger partial charge in [-0.15, -0.1) is 0 Å². The fourth-order valence-corrected chi connectivity index (χ4v) is 3.25. The maximum absolute atomic E-state index is 12.3. The summed E-state index contributed by atoms with van der Waals surface area (Å²) in [5.74, 6) is -0.264. The molecule has 2 unspecified atom stereocenters. The zero-order valence-corrected chi connectivity index (χ0v) is 13.3. The van der Waals surface area contributed by atoms with Crippen LogP contribution in [0.25, 0.3) is 0 Å². The predicted octanol–water partition coefficient (Wildman–Crippen LogP) is 2.94. The van der Waals surface area contributed by atoms with Gasteiger partial charge in [0.25, 0.3) is 0 Å². The van der Waals surface area contributed by atoms with Crippen molar-refractivity contribution < 1.29 is 9.59 Å². The molecule has 2 aliphatic rings. The van der Waals surface area contributed by atoms with E-state index >= 15 is 0 Å². The summed E-state index contributed by atoms with van der Waals surface area (Å²) < 4.78 is 0. The first-order chi connectivity index (χ1) is 10.5. The van der Waals surface area contributed by atoms with Crippen LogP contribution in [0.4, 0.5) is 5.69 Å². The molecule has 4 nitrogen and oxygen atoms in total. The molecule has 4 heteroatoms. The molecular weight excluding hydrogens is 276 g/mol. The van der Waals surface area contributed by atoms with E-state index in [-0.39, 0.29) is 23.7 Å². The van der Waals surface area contributed by atoms with Crippen molar-refractivity contribution >= 4 is 17.5 Å². The highest BCUT2D eigenvalue weighted by Gasteiger charge is 2.48. The lowest BCUT2D eigenvalue weighted by atomic mass is 10.1. The Kier molecular flexibility index (Phi) is 4.19. The van der Waals surface area contributed by atoms with Crippen molar-refractivity contribution in [3.8, 4) is 0 Å². The van der Waals surface area contributed by atoms with Crippen molar-refractivity contribution in [1.29, 1.82) is 0 Å². The van der Waals surface area contributed by atoms with Crippen LogP contribution in [-0.4, -0.2) is 17.9 Å². The van der Waals surface area contributed by atoms with Crippen molar-refractivity contribution in [2.24, 2.45) is 11.8 Å². The second kappa shape index (κ2) is 6.11. The Morgan fingerprint density at radius 2 is 1.73 bits per heavy atom. The highest BCUT2D eigenvalue weighted by molar-refractivity contribution is 6.00. The van der Waals surface area contributed by atoms with Gasteiger partial charge in [0.05, 0.1) is 11.8 Å². The summed E-state index contributed by atoms with van der Waals surface area (Å²) >= 11 is 0. The molecule has 1 aromatic rings. The molecule has 2 fully saturated rings. The molecule has 0 heterocycles. The van der Waals surface area contributed by atoms with Crippen molar-refractivity contribution in [3.63, 3.8) is 0 Å². The lowest BCUT2D eigenvalue weighted by molar-refractivity contribution is -0.125. The molecule has 0 aromatic heterocycles. The number of carbonyl (C=O) groups excluding carboxylic acids is 2. The molecule has 2 saturated carbocycles. The minimum atomic E-state index is -0.165. The Morgan fingerprint density at radius 1 is 1.05 bits per heavy atom. The van der Waals surface area contributed by atoms with E-state index in [1.165, 1.54) is 12.8 Å². The highest BCUT2D eigenvalue weighted by atomic mass is 16.2. The Labute approximate surface area is 131 Å². The van der Waals surface area contributed by atoms with E-state index in [0.717, 1.165) is 29.7 Å². The first kappa shape index (κ1) is 15.1. The number of rotatable bonds is 4. The van der Waals surface area contributed by atoms with Crippen LogP contribution >= 0.6 is 0 Å². The standard InChI is InChI=1S/C18H24N2O2/c1-11-7-8-12(2)16(9-11)20-18(22)15-10-14(15)17(21)19-13-5-3-4-6-13/h7-9,13-15H,3-6,10H2,1-2H3,(H,19,21)(H,20,22). The number of amides is 2. The van der Waals surface area contributed by atoms with Crippen molar-refractivity contribution in [2.75, 3.05) is 5.32 Å². The second-order valence-electron chi connectivity index (χ2n) is 6.75. The summed E-state index contributed by atoms with van der Waals surface area (Å²) in [6.07, 6.45) is 5.24. The van der Waals surface area contributed by atoms with Crippen molar-refractivity contribution in [1.82, 2.24) is 5.32 Å². The third-order valence-electron chi connectivity index (χ3n) is 4.82. The first-order valence-electron chi connectivity index (χ1n) is 8.23. The third kappa shape index (κ3) is 3.32. The van der Waals surface area contributed by atoms with Gasteiger partial charge >= 0.3 is 0 Å². The van der Waals surface area contributed by atoms with Gasteiger partial charge in [0.2, 0.25) is 11.8 Å². The largest absolute Gasteiger partial charge is 0.353 e. The lowest BCUT2D eigenvalue weighted by Crippen LogP contribution is -2.34. The van der Waals surface area contributed by atoms with Crippen molar-refractivity contribution in [2.45, 2.75) is 52.0 Å². The molecule has 1 aromatic carbocycles. The SMILES string of the molecule is Cc1ccc(C)c(NC(=O)C2CC2C(=O)NC2CCCC2)c1. The third-order valence-corrected chi connectivity index (χ3v) is 4.82. The topological polar surface area (TPSA) is 58.2 Å². The van der Waals surface area contributed by atoms with Crippen molar-refractivity contribution in [3.05, 3.63) is 29.3 Å². The molecular formula is C18H24N2O2. The maximum Gasteiger partial charge on any atom is 0.228 e. The van der Waals surface area contributed by atoms with E-state index in [1.807, 2.05) is 32.0 Å². The monoisotopic (exact) mass is 300 g/mol. The quantitative estimate of drug-likeness (QED) is 0.898. The summed E-state index contributed by atoms with van der Waals surface area (Å²) in [5.41, 5.74) is 3.02. The van der Waals surface area contributed by atoms with Gasteiger partial charge in [0.1, 0.15) is 0 Å². The van der Waals surface area contributed by atoms with Gasteiger partial charge in [0.15, 0.2) is 0 Å². The number of benzene rings is 1. The Balaban J connectivity index is 1.54. The molecule has 0 bridgehead atoms. The number of carbonyl (C=O) groups is 2. The average Bonchev–Trinajstić information content (AvgIpc) is 3.14. The summed E-state index contributed by atoms with van der Waals surface area (Å²) in [6.45, 7) is 3.98. The number of hydrogen-bond donors (Lipinski definition) is 2. The molecule has 118 valence electrons. The van der Waals surface area contributed by atoms with Crippen LogP contribution in [-0.2, 0) is 9.59 Å². The zero-order chi connectivity index (χ0) is 15.7. The summed E-state index contributed by atoms with van der Waals surface area (Å²) in [5, 5.41) is 6.06. The van der Waals surface area contributed by atoms with Crippen LogP contribution in [0.5, 0.6) is 0 Å². The fourth-order valence-electron chi connectivity index (χ4n) is 3.25. The predicted molar refractivity (Wildman–Crippen MR) is 86.5 cm³/mol. The van der Waals surface area contributed by atoms with E-state index < -0.39 is 0 Å². The van der Waals surface area contributed by atoms with E-state index in [1.54, 1.807) is 0 Å². The van der Waals surface area contributed by atoms with Crippen LogP contribution in [0.2, 0.25) is 0 Å². The van der Waals surface area contributed by atoms with Gasteiger partial charge in [-0.05, 0) is 50.3 Å². The first-order valence-corrected chi connectivity index (χ1v) is 8.23. The molecule has 0 spiro atoms. The van der Waals surface area contributed by atoms with E-state index in [4.69, 9.17) is 0 Å². The molecule has 3 rings (SSSR count). The zero-order valence-electron chi connectivity index (χ0n) is 13.3. The molecule has 2 amide bonds. The van der Waals surface area contributed by atoms with Gasteiger partial charge in [0, 0.05) is 11.7 Å². The summed E-state index contributed by atoms with van der Waals surface area (Å²) in [6, 6.07) is 6.33. The summed E-state index contributed by atoms with van der Waals surface area (Å²) in [4.78, 5) is 24.5. The number of hydrogen-bond acceptors (Lipinski definition) is 2. The Bertz CT molecular complexity index is 591. The van der Waals surface area contributed by atoms with Crippen LogP contribution in [0.15, 0.2) is 18.2 Å². The lowest BCUT2D eigenvalue weighted by Gasteiger charge is -2.12. The maximum atomic E-state index is 12.3. The number of nitrogens with one attached hydrogen (secondary N) is 2. The fraction of sp³-hybridized carbons (Fsp3) is 0.556. The smallest absolute Gasteiger partial charge is 0.228 e. The van der Waals surface area contributed by atoms with Gasteiger partial charge in [-0.2, -0.15) is 0 Å². The minimum absolute atomic E-state index is 0.0275. The molecule has 22 heavy (non-hydrogen) atoms. The molecule has 2 atom stereocenters. The molecule has 0 saturated heterocycles. The van der Waals surface area contributed by atoms with Crippen LogP contribution in [0, 0.1) is 25.7 Å². The van der Waals surface area contributed by atoms with Gasteiger partial charge in [-0.25, -0.2) is 0 Å². The Hall–Kier alpha value is -1.84. The second-order valence-corrected chi connectivity index (χ2v) is 6.75. The van der Waals surface area contributed by atoms with E-state index in [0.29, 0.717) is 12.5 Å². The summed E-state index contributed by atoms with van der Waals surface area (Å²) in [7, 11) is 0. The normalized spacial score (nSPS) is 24.1. The van der Waals surface area contributed by atoms with Crippen LogP contribution < -0.4 is 10.6 Å². The van der Waals surface area contributed by atoms with Crippen LogP contribution in [0.1, 0.15) is 43.2 Å². The number of anilines is 1. The minimum Gasteiger partial charge on any atom is -0.353 e.